The van der Waals surface area contributed by atoms with Gasteiger partial charge >= 0.3 is 0 Å². The van der Waals surface area contributed by atoms with Crippen molar-refractivity contribution in [3.05, 3.63) is 76.6 Å². The molecule has 1 amide bonds. The molecular formula is C27H30N2O4S. The summed E-state index contributed by atoms with van der Waals surface area (Å²) < 4.78 is 16.6. The standard InChI is InChI=1S/C27H30N2O4S/c1-31-22-11-7-20(8-12-22)18-28-27-29(21-5-3-2-4-6-21)26(30)25(34-27)17-19-9-13-23-24(14-10-19)33-16-15-32-23/h7-14,17,19,21H,2-6,15-16,18H2,1H3/b25-17-,28-27?. The molecule has 0 bridgehead atoms. The van der Waals surface area contributed by atoms with Crippen LogP contribution < -0.4 is 4.74 Å². The maximum atomic E-state index is 13.6. The third-order valence-corrected chi connectivity index (χ3v) is 7.50. The summed E-state index contributed by atoms with van der Waals surface area (Å²) in [7, 11) is 1.66. The van der Waals surface area contributed by atoms with Gasteiger partial charge in [-0.25, -0.2) is 0 Å². The Kier molecular flexibility index (Phi) is 7.09. The van der Waals surface area contributed by atoms with Crippen molar-refractivity contribution in [3.63, 3.8) is 0 Å². The van der Waals surface area contributed by atoms with E-state index < -0.39 is 0 Å². The molecule has 0 spiro atoms. The lowest BCUT2D eigenvalue weighted by Gasteiger charge is -2.30. The number of hydrogen-bond acceptors (Lipinski definition) is 6. The van der Waals surface area contributed by atoms with Gasteiger partial charge in [0.05, 0.1) is 18.6 Å². The number of amidine groups is 1. The molecule has 6 nitrogen and oxygen atoms in total. The van der Waals surface area contributed by atoms with Crippen LogP contribution in [0.25, 0.3) is 0 Å². The summed E-state index contributed by atoms with van der Waals surface area (Å²) >= 11 is 1.49. The second kappa shape index (κ2) is 10.6. The highest BCUT2D eigenvalue weighted by Crippen LogP contribution is 2.38. The molecule has 2 aliphatic heterocycles. The fraction of sp³-hybridized carbons (Fsp3) is 0.407. The van der Waals surface area contributed by atoms with Crippen LogP contribution in [-0.4, -0.2) is 42.3 Å². The number of carbonyl (C=O) groups excluding carboxylic acids is 1. The van der Waals surface area contributed by atoms with Crippen molar-refractivity contribution in [2.24, 2.45) is 10.9 Å². The third kappa shape index (κ3) is 5.09. The van der Waals surface area contributed by atoms with Crippen molar-refractivity contribution in [2.75, 3.05) is 20.3 Å². The molecule has 5 rings (SSSR count). The molecule has 0 radical (unpaired) electrons. The monoisotopic (exact) mass is 478 g/mol. The largest absolute Gasteiger partial charge is 0.497 e. The molecule has 34 heavy (non-hydrogen) atoms. The van der Waals surface area contributed by atoms with Crippen LogP contribution in [0.2, 0.25) is 0 Å². The highest BCUT2D eigenvalue weighted by molar-refractivity contribution is 8.18. The van der Waals surface area contributed by atoms with Gasteiger partial charge in [-0.05, 0) is 54.5 Å². The maximum absolute atomic E-state index is 13.6. The van der Waals surface area contributed by atoms with Gasteiger partial charge in [0.15, 0.2) is 16.7 Å². The number of nitrogens with zero attached hydrogens (tertiary/aromatic N) is 2. The molecule has 1 aromatic carbocycles. The predicted octanol–water partition coefficient (Wildman–Crippen LogP) is 5.34. The van der Waals surface area contributed by atoms with Crippen molar-refractivity contribution in [1.82, 2.24) is 4.90 Å². The first-order chi connectivity index (χ1) is 16.7. The fourth-order valence-corrected chi connectivity index (χ4v) is 5.68. The summed E-state index contributed by atoms with van der Waals surface area (Å²) in [6.07, 6.45) is 15.7. The quantitative estimate of drug-likeness (QED) is 0.535. The number of ether oxygens (including phenoxy) is 3. The first-order valence-corrected chi connectivity index (χ1v) is 12.8. The van der Waals surface area contributed by atoms with Gasteiger partial charge in [-0.1, -0.05) is 49.6 Å². The third-order valence-electron chi connectivity index (χ3n) is 6.46. The van der Waals surface area contributed by atoms with Gasteiger partial charge in [-0.2, -0.15) is 0 Å². The lowest BCUT2D eigenvalue weighted by molar-refractivity contribution is -0.124. The molecule has 1 saturated heterocycles. The number of thioether (sulfide) groups is 1. The molecule has 2 heterocycles. The topological polar surface area (TPSA) is 60.4 Å². The fourth-order valence-electron chi connectivity index (χ4n) is 4.61. The molecule has 0 N–H and O–H groups in total. The minimum atomic E-state index is -0.0154. The number of methoxy groups -OCH3 is 1. The molecular weight excluding hydrogens is 448 g/mol. The van der Waals surface area contributed by atoms with Crippen LogP contribution in [0.15, 0.2) is 76.1 Å². The van der Waals surface area contributed by atoms with Gasteiger partial charge in [-0.15, -0.1) is 0 Å². The number of rotatable bonds is 5. The summed E-state index contributed by atoms with van der Waals surface area (Å²) in [5, 5.41) is 0.810. The zero-order chi connectivity index (χ0) is 23.3. The van der Waals surface area contributed by atoms with E-state index in [4.69, 9.17) is 19.2 Å². The Morgan fingerprint density at radius 2 is 1.74 bits per heavy atom. The number of aliphatic imine (C=N–C) groups is 1. The molecule has 7 heteroatoms. The molecule has 2 fully saturated rings. The van der Waals surface area contributed by atoms with E-state index in [1.165, 1.54) is 18.2 Å². The van der Waals surface area contributed by atoms with Crippen LogP contribution in [0, 0.1) is 5.92 Å². The van der Waals surface area contributed by atoms with Crippen LogP contribution in [0.5, 0.6) is 5.75 Å². The molecule has 2 aliphatic carbocycles. The van der Waals surface area contributed by atoms with Crippen LogP contribution >= 0.6 is 11.8 Å². The zero-order valence-electron chi connectivity index (χ0n) is 19.4. The van der Waals surface area contributed by atoms with Crippen LogP contribution in [0.4, 0.5) is 0 Å². The van der Waals surface area contributed by atoms with Crippen LogP contribution in [0.1, 0.15) is 37.7 Å². The Labute approximate surface area is 205 Å². The van der Waals surface area contributed by atoms with Crippen LogP contribution in [-0.2, 0) is 20.8 Å². The number of benzene rings is 1. The Morgan fingerprint density at radius 1 is 1.06 bits per heavy atom. The van der Waals surface area contributed by atoms with E-state index in [0.717, 1.165) is 58.6 Å². The maximum Gasteiger partial charge on any atom is 0.266 e. The molecule has 4 aliphatic rings. The normalized spacial score (nSPS) is 23.8. The van der Waals surface area contributed by atoms with Gasteiger partial charge in [0.25, 0.3) is 5.91 Å². The van der Waals surface area contributed by atoms with E-state index in [0.29, 0.717) is 19.8 Å². The minimum absolute atomic E-state index is 0.0154. The summed E-state index contributed by atoms with van der Waals surface area (Å²) in [4.78, 5) is 21.1. The predicted molar refractivity (Wildman–Crippen MR) is 134 cm³/mol. The number of allylic oxidation sites excluding steroid dienone is 5. The van der Waals surface area contributed by atoms with E-state index in [1.807, 2.05) is 59.5 Å². The summed E-state index contributed by atoms with van der Waals surface area (Å²) in [6, 6.07) is 8.15. The van der Waals surface area contributed by atoms with Gasteiger partial charge in [-0.3, -0.25) is 14.7 Å². The average molecular weight is 479 g/mol. The van der Waals surface area contributed by atoms with Gasteiger partial charge in [0, 0.05) is 12.0 Å². The summed E-state index contributed by atoms with van der Waals surface area (Å²) in [5.41, 5.74) is 1.09. The van der Waals surface area contributed by atoms with E-state index in [9.17, 15) is 4.79 Å². The van der Waals surface area contributed by atoms with Gasteiger partial charge in [0.1, 0.15) is 19.0 Å². The second-order valence-electron chi connectivity index (χ2n) is 8.77. The Bertz CT molecular complexity index is 1040. The lowest BCUT2D eigenvalue weighted by atomic mass is 9.94. The highest BCUT2D eigenvalue weighted by Gasteiger charge is 2.38. The highest BCUT2D eigenvalue weighted by atomic mass is 32.2. The van der Waals surface area contributed by atoms with Crippen molar-refractivity contribution < 1.29 is 19.0 Å². The van der Waals surface area contributed by atoms with Crippen LogP contribution in [0.3, 0.4) is 0 Å². The molecule has 178 valence electrons. The van der Waals surface area contributed by atoms with Crippen molar-refractivity contribution in [1.29, 1.82) is 0 Å². The number of carbonyl (C=O) groups is 1. The lowest BCUT2D eigenvalue weighted by Crippen LogP contribution is -2.40. The van der Waals surface area contributed by atoms with Crippen molar-refractivity contribution in [3.8, 4) is 5.75 Å². The molecule has 0 unspecified atom stereocenters. The number of amides is 1. The first kappa shape index (κ1) is 22.8. The average Bonchev–Trinajstić information content (AvgIpc) is 3.05. The zero-order valence-corrected chi connectivity index (χ0v) is 20.3. The van der Waals surface area contributed by atoms with Crippen molar-refractivity contribution >= 4 is 22.8 Å². The number of hydrogen-bond donors (Lipinski definition) is 0. The van der Waals surface area contributed by atoms with E-state index in [-0.39, 0.29) is 17.9 Å². The Hall–Kier alpha value is -2.93. The van der Waals surface area contributed by atoms with E-state index >= 15 is 0 Å². The molecule has 1 saturated carbocycles. The Balaban J connectivity index is 1.37. The first-order valence-electron chi connectivity index (χ1n) is 12.0. The smallest absolute Gasteiger partial charge is 0.266 e. The van der Waals surface area contributed by atoms with E-state index in [2.05, 4.69) is 0 Å². The molecule has 1 aromatic rings. The Morgan fingerprint density at radius 3 is 2.38 bits per heavy atom. The minimum Gasteiger partial charge on any atom is -0.497 e. The van der Waals surface area contributed by atoms with Gasteiger partial charge < -0.3 is 14.2 Å². The summed E-state index contributed by atoms with van der Waals surface area (Å²) in [6.45, 7) is 1.65. The van der Waals surface area contributed by atoms with Gasteiger partial charge in [0.2, 0.25) is 0 Å². The SMILES string of the molecule is COc1ccc(CN=C2S/C(=C\C3C=CC4=C(C=C3)OCCO4)C(=O)N2C2CCCCC2)cc1. The molecule has 0 aromatic heterocycles. The van der Waals surface area contributed by atoms with E-state index in [1.54, 1.807) is 7.11 Å². The molecule has 0 atom stereocenters. The summed E-state index contributed by atoms with van der Waals surface area (Å²) in [5.74, 6) is 2.38. The second-order valence-corrected chi connectivity index (χ2v) is 9.78. The van der Waals surface area contributed by atoms with Crippen molar-refractivity contribution in [2.45, 2.75) is 44.7 Å².